The molecule has 10 nitrogen and oxygen atoms in total. The maximum Gasteiger partial charge on any atom is 0.407 e. The van der Waals surface area contributed by atoms with Gasteiger partial charge < -0.3 is 34.5 Å². The first-order valence-corrected chi connectivity index (χ1v) is 15.4. The van der Waals surface area contributed by atoms with E-state index in [4.69, 9.17) is 18.9 Å². The van der Waals surface area contributed by atoms with Crippen molar-refractivity contribution in [1.82, 2.24) is 15.1 Å². The van der Waals surface area contributed by atoms with Gasteiger partial charge in [0.05, 0.1) is 25.4 Å². The molecule has 3 N–H and O–H groups in total. The van der Waals surface area contributed by atoms with Crippen molar-refractivity contribution in [2.45, 2.75) is 116 Å². The zero-order chi connectivity index (χ0) is 28.8. The second-order valence-electron chi connectivity index (χ2n) is 13.9. The number of rotatable bonds is 1. The monoisotopic (exact) mass is 573 g/mol. The molecule has 1 saturated carbocycles. The van der Waals surface area contributed by atoms with E-state index < -0.39 is 18.4 Å². The van der Waals surface area contributed by atoms with Crippen LogP contribution in [0.1, 0.15) is 76.8 Å². The second-order valence-corrected chi connectivity index (χ2v) is 13.9. The highest BCUT2D eigenvalue weighted by atomic mass is 16.8. The van der Waals surface area contributed by atoms with Crippen molar-refractivity contribution in [3.63, 3.8) is 0 Å². The van der Waals surface area contributed by atoms with Crippen molar-refractivity contribution < 1.29 is 34.0 Å². The molecule has 4 aliphatic heterocycles. The molecule has 7 unspecified atom stereocenters. The number of alkyl carbamates (subject to hydrolysis) is 1. The van der Waals surface area contributed by atoms with Crippen molar-refractivity contribution in [2.24, 2.45) is 10.8 Å². The first-order valence-electron chi connectivity index (χ1n) is 15.4. The van der Waals surface area contributed by atoms with Gasteiger partial charge in [-0.15, -0.1) is 0 Å². The predicted molar refractivity (Wildman–Crippen MR) is 151 cm³/mol. The van der Waals surface area contributed by atoms with Gasteiger partial charge in [0.25, 0.3) is 0 Å². The predicted octanol–water partition coefficient (Wildman–Crippen LogP) is 3.33. The first kappa shape index (κ1) is 29.1. The summed E-state index contributed by atoms with van der Waals surface area (Å²) in [5, 5.41) is 23.5. The Morgan fingerprint density at radius 1 is 1.00 bits per heavy atom. The Bertz CT molecular complexity index is 1090. The molecule has 1 amide bonds. The van der Waals surface area contributed by atoms with Crippen LogP contribution in [0, 0.1) is 10.8 Å². The number of nitrogens with one attached hydrogen (secondary N) is 1. The van der Waals surface area contributed by atoms with Crippen LogP contribution in [0.3, 0.4) is 0 Å². The van der Waals surface area contributed by atoms with Gasteiger partial charge in [-0.05, 0) is 49.1 Å². The lowest BCUT2D eigenvalue weighted by molar-refractivity contribution is -0.0934. The Morgan fingerprint density at radius 2 is 1.83 bits per heavy atom. The lowest BCUT2D eigenvalue weighted by Gasteiger charge is -2.36. The third-order valence-corrected chi connectivity index (χ3v) is 9.67. The van der Waals surface area contributed by atoms with E-state index in [2.05, 4.69) is 49.2 Å². The van der Waals surface area contributed by atoms with Crippen molar-refractivity contribution in [1.29, 1.82) is 0 Å². The molecule has 228 valence electrons. The third-order valence-electron chi connectivity index (χ3n) is 9.67. The van der Waals surface area contributed by atoms with Gasteiger partial charge in [0.2, 0.25) is 0 Å². The van der Waals surface area contributed by atoms with E-state index in [0.29, 0.717) is 32.7 Å². The van der Waals surface area contributed by atoms with Crippen LogP contribution in [0.5, 0.6) is 5.75 Å². The summed E-state index contributed by atoms with van der Waals surface area (Å²) in [7, 11) is 0. The average molecular weight is 574 g/mol. The Morgan fingerprint density at radius 3 is 2.59 bits per heavy atom. The zero-order valence-electron chi connectivity index (χ0n) is 24.7. The Labute approximate surface area is 243 Å². The van der Waals surface area contributed by atoms with Gasteiger partial charge in [-0.3, -0.25) is 9.80 Å². The summed E-state index contributed by atoms with van der Waals surface area (Å²) in [6.07, 6.45) is 4.34. The molecule has 1 aromatic carbocycles. The highest BCUT2D eigenvalue weighted by Gasteiger charge is 2.50. The van der Waals surface area contributed by atoms with Crippen LogP contribution in [0.25, 0.3) is 0 Å². The van der Waals surface area contributed by atoms with Crippen molar-refractivity contribution in [2.75, 3.05) is 26.3 Å². The molecule has 4 bridgehead atoms. The SMILES string of the molecule is CC(C)(C)C1CN2CC(CC2C(O)O)OC2OC2N2Cc3cccc(c3C2)OCCCCCC2(CC2)COC(=O)N1. The van der Waals surface area contributed by atoms with Crippen LogP contribution in [-0.2, 0) is 27.3 Å². The molecule has 6 rings (SSSR count). The van der Waals surface area contributed by atoms with Crippen LogP contribution in [0.4, 0.5) is 4.79 Å². The number of hydrogen-bond donors (Lipinski definition) is 3. The smallest absolute Gasteiger partial charge is 0.407 e. The van der Waals surface area contributed by atoms with Crippen LogP contribution < -0.4 is 10.1 Å². The lowest BCUT2D eigenvalue weighted by atomic mass is 9.86. The Balaban J connectivity index is 1.16. The largest absolute Gasteiger partial charge is 0.493 e. The minimum absolute atomic E-state index is 0.114. The lowest BCUT2D eigenvalue weighted by Crippen LogP contribution is -2.53. The average Bonchev–Trinajstić information content (AvgIpc) is 3.77. The number of ether oxygens (including phenoxy) is 4. The Kier molecular flexibility index (Phi) is 8.26. The van der Waals surface area contributed by atoms with Crippen LogP contribution >= 0.6 is 0 Å². The molecule has 10 heteroatoms. The fraction of sp³-hybridized carbons (Fsp3) is 0.774. The number of nitrogens with zero attached hydrogens (tertiary/aromatic N) is 2. The number of carbonyl (C=O) groups excluding carboxylic acids is 1. The zero-order valence-corrected chi connectivity index (χ0v) is 24.7. The molecular formula is C31H47N3O7. The van der Waals surface area contributed by atoms with Crippen LogP contribution in [0.2, 0.25) is 0 Å². The van der Waals surface area contributed by atoms with Crippen LogP contribution in [0.15, 0.2) is 18.2 Å². The van der Waals surface area contributed by atoms with E-state index in [1.807, 2.05) is 4.90 Å². The van der Waals surface area contributed by atoms with Crippen LogP contribution in [-0.4, -0.2) is 89.4 Å². The standard InChI is InChI=1S/C31H47N3O7/c1-30(2,3)25-18-33-16-21(14-23(33)27(35)36)40-28-26(41-28)34-15-20-8-7-9-24(22(20)17-34)38-13-6-4-5-10-31(11-12-31)19-39-29(37)32-25/h7-9,21,23,25-28,35-36H,4-6,10-19H2,1-3H3,(H,32,37). The van der Waals surface area contributed by atoms with Crippen molar-refractivity contribution in [3.05, 3.63) is 29.3 Å². The molecule has 3 fully saturated rings. The third kappa shape index (κ3) is 6.84. The summed E-state index contributed by atoms with van der Waals surface area (Å²) in [6.45, 7) is 9.92. The summed E-state index contributed by atoms with van der Waals surface area (Å²) in [5.74, 6) is 0.958. The van der Waals surface area contributed by atoms with E-state index in [1.54, 1.807) is 0 Å². The molecule has 5 aliphatic rings. The first-order chi connectivity index (χ1) is 19.6. The fourth-order valence-electron chi connectivity index (χ4n) is 6.66. The summed E-state index contributed by atoms with van der Waals surface area (Å²) >= 11 is 0. The molecule has 1 aliphatic carbocycles. The van der Waals surface area contributed by atoms with Gasteiger partial charge in [-0.25, -0.2) is 4.79 Å². The molecule has 1 spiro atoms. The molecule has 7 atom stereocenters. The van der Waals surface area contributed by atoms with E-state index >= 15 is 0 Å². The highest BCUT2D eigenvalue weighted by Crippen LogP contribution is 2.50. The number of amides is 1. The van der Waals surface area contributed by atoms with Gasteiger partial charge in [-0.1, -0.05) is 45.7 Å². The molecule has 0 radical (unpaired) electrons. The number of aliphatic hydroxyl groups excluding tert-OH is 1. The maximum atomic E-state index is 12.9. The topological polar surface area (TPSA) is 116 Å². The minimum Gasteiger partial charge on any atom is -0.493 e. The number of epoxide rings is 1. The van der Waals surface area contributed by atoms with E-state index in [1.165, 1.54) is 11.1 Å². The summed E-state index contributed by atoms with van der Waals surface area (Å²) < 4.78 is 24.3. The molecule has 2 saturated heterocycles. The normalized spacial score (nSPS) is 35.8. The van der Waals surface area contributed by atoms with Crippen molar-refractivity contribution in [3.8, 4) is 5.75 Å². The molecular weight excluding hydrogens is 526 g/mol. The van der Waals surface area contributed by atoms with Gasteiger partial charge in [0.1, 0.15) is 5.75 Å². The summed E-state index contributed by atoms with van der Waals surface area (Å²) in [4.78, 5) is 17.2. The van der Waals surface area contributed by atoms with E-state index in [9.17, 15) is 15.0 Å². The number of carbonyl (C=O) groups is 1. The molecule has 0 aromatic heterocycles. The quantitative estimate of drug-likeness (QED) is 0.344. The van der Waals surface area contributed by atoms with E-state index in [-0.39, 0.29) is 35.5 Å². The molecule has 41 heavy (non-hydrogen) atoms. The number of fused-ring (bicyclic) bond motifs is 5. The number of benzene rings is 1. The van der Waals surface area contributed by atoms with Gasteiger partial charge >= 0.3 is 6.09 Å². The maximum absolute atomic E-state index is 12.9. The van der Waals surface area contributed by atoms with E-state index in [0.717, 1.165) is 57.4 Å². The number of hydrogen-bond acceptors (Lipinski definition) is 9. The van der Waals surface area contributed by atoms with Gasteiger partial charge in [0, 0.05) is 43.2 Å². The minimum atomic E-state index is -1.51. The fourth-order valence-corrected chi connectivity index (χ4v) is 6.66. The van der Waals surface area contributed by atoms with Gasteiger partial charge in [0.15, 0.2) is 18.8 Å². The van der Waals surface area contributed by atoms with Gasteiger partial charge in [-0.2, -0.15) is 0 Å². The highest BCUT2D eigenvalue weighted by molar-refractivity contribution is 5.67. The second kappa shape index (κ2) is 11.6. The number of aliphatic hydroxyl groups is 2. The molecule has 1 aromatic rings. The molecule has 4 heterocycles. The Hall–Kier alpha value is -1.95. The summed E-state index contributed by atoms with van der Waals surface area (Å²) in [6, 6.07) is 5.55. The number of cyclic esters (lactones) is 1. The summed E-state index contributed by atoms with van der Waals surface area (Å²) in [5.41, 5.74) is 2.36. The van der Waals surface area contributed by atoms with Crippen molar-refractivity contribution >= 4 is 6.09 Å².